The first kappa shape index (κ1) is 18.2. The summed E-state index contributed by atoms with van der Waals surface area (Å²) in [4.78, 5) is 12.3. The number of sulfonamides is 1. The lowest BCUT2D eigenvalue weighted by Crippen LogP contribution is -2.18. The van der Waals surface area contributed by atoms with E-state index >= 15 is 0 Å². The highest BCUT2D eigenvalue weighted by Gasteiger charge is 2.11. The molecule has 6 heteroatoms. The van der Waals surface area contributed by atoms with Gasteiger partial charge in [-0.05, 0) is 62.2 Å². The zero-order valence-corrected chi connectivity index (χ0v) is 14.9. The van der Waals surface area contributed by atoms with Crippen molar-refractivity contribution < 1.29 is 13.2 Å². The van der Waals surface area contributed by atoms with Gasteiger partial charge in [-0.1, -0.05) is 24.3 Å². The van der Waals surface area contributed by atoms with E-state index in [0.29, 0.717) is 12.8 Å². The number of hydrogen-bond donors (Lipinski definition) is 2. The summed E-state index contributed by atoms with van der Waals surface area (Å²) in [5.41, 5.74) is 3.87. The van der Waals surface area contributed by atoms with Crippen LogP contribution in [0.1, 0.15) is 23.1 Å². The van der Waals surface area contributed by atoms with Gasteiger partial charge in [-0.2, -0.15) is 0 Å². The first-order valence-electron chi connectivity index (χ1n) is 7.71. The molecule has 0 aliphatic heterocycles. The van der Waals surface area contributed by atoms with Crippen LogP contribution in [0.3, 0.4) is 0 Å². The van der Waals surface area contributed by atoms with Crippen LogP contribution in [0.4, 0.5) is 5.69 Å². The van der Waals surface area contributed by atoms with E-state index in [2.05, 4.69) is 10.0 Å². The summed E-state index contributed by atoms with van der Waals surface area (Å²) in [6, 6.07) is 12.5. The molecule has 0 aliphatic rings. The van der Waals surface area contributed by atoms with Crippen molar-refractivity contribution in [2.75, 3.05) is 12.4 Å². The highest BCUT2D eigenvalue weighted by Crippen LogP contribution is 2.17. The average Bonchev–Trinajstić information content (AvgIpc) is 2.56. The molecule has 2 aromatic rings. The third kappa shape index (κ3) is 4.66. The number of carbonyl (C=O) groups is 1. The Bertz CT molecular complexity index is 828. The van der Waals surface area contributed by atoms with Gasteiger partial charge >= 0.3 is 0 Å². The molecule has 128 valence electrons. The second kappa shape index (κ2) is 7.59. The first-order valence-corrected chi connectivity index (χ1v) is 9.20. The number of carbonyl (C=O) groups excluding carboxylic acids is 1. The van der Waals surface area contributed by atoms with Crippen molar-refractivity contribution in [1.82, 2.24) is 4.72 Å². The lowest BCUT2D eigenvalue weighted by atomic mass is 10.1. The predicted molar refractivity (Wildman–Crippen MR) is 95.6 cm³/mol. The summed E-state index contributed by atoms with van der Waals surface area (Å²) in [6.45, 7) is 3.94. The molecule has 2 aromatic carbocycles. The molecule has 24 heavy (non-hydrogen) atoms. The Morgan fingerprint density at radius 3 is 2.33 bits per heavy atom. The smallest absolute Gasteiger partial charge is 0.240 e. The Morgan fingerprint density at radius 1 is 1.04 bits per heavy atom. The Labute approximate surface area is 143 Å². The summed E-state index contributed by atoms with van der Waals surface area (Å²) < 4.78 is 25.6. The Hall–Kier alpha value is -2.18. The van der Waals surface area contributed by atoms with E-state index in [1.165, 1.54) is 7.05 Å². The van der Waals surface area contributed by atoms with Gasteiger partial charge in [0.25, 0.3) is 0 Å². The minimum atomic E-state index is -3.43. The second-order valence-electron chi connectivity index (χ2n) is 5.72. The number of aryl methyl sites for hydroxylation is 3. The van der Waals surface area contributed by atoms with E-state index in [1.54, 1.807) is 24.3 Å². The van der Waals surface area contributed by atoms with Crippen LogP contribution in [0.25, 0.3) is 0 Å². The molecule has 0 bridgehead atoms. The maximum absolute atomic E-state index is 12.1. The number of nitrogens with one attached hydrogen (secondary N) is 2. The van der Waals surface area contributed by atoms with Crippen LogP contribution in [-0.2, 0) is 21.2 Å². The Morgan fingerprint density at radius 2 is 1.71 bits per heavy atom. The van der Waals surface area contributed by atoms with Crippen LogP contribution in [0, 0.1) is 13.8 Å². The summed E-state index contributed by atoms with van der Waals surface area (Å²) in [5.74, 6) is -0.0596. The normalized spacial score (nSPS) is 11.3. The minimum Gasteiger partial charge on any atom is -0.326 e. The van der Waals surface area contributed by atoms with Crippen LogP contribution < -0.4 is 10.0 Å². The van der Waals surface area contributed by atoms with Crippen molar-refractivity contribution in [1.29, 1.82) is 0 Å². The van der Waals surface area contributed by atoms with Crippen molar-refractivity contribution in [3.8, 4) is 0 Å². The predicted octanol–water partition coefficient (Wildman–Crippen LogP) is 2.78. The highest BCUT2D eigenvalue weighted by atomic mass is 32.2. The van der Waals surface area contributed by atoms with Gasteiger partial charge in [-0.25, -0.2) is 13.1 Å². The van der Waals surface area contributed by atoms with Gasteiger partial charge in [-0.15, -0.1) is 0 Å². The molecule has 0 atom stereocenters. The second-order valence-corrected chi connectivity index (χ2v) is 7.60. The van der Waals surface area contributed by atoms with Gasteiger partial charge in [0.05, 0.1) is 4.90 Å². The molecule has 0 aliphatic carbocycles. The first-order chi connectivity index (χ1) is 11.3. The number of hydrogen-bond acceptors (Lipinski definition) is 3. The molecule has 0 saturated carbocycles. The third-order valence-corrected chi connectivity index (χ3v) is 5.24. The molecule has 0 fully saturated rings. The summed E-state index contributed by atoms with van der Waals surface area (Å²) in [5, 5.41) is 2.92. The maximum Gasteiger partial charge on any atom is 0.240 e. The molecule has 0 aromatic heterocycles. The van der Waals surface area contributed by atoms with Crippen LogP contribution in [0.5, 0.6) is 0 Å². The van der Waals surface area contributed by atoms with Crippen molar-refractivity contribution in [3.05, 3.63) is 59.2 Å². The van der Waals surface area contributed by atoms with E-state index in [1.807, 2.05) is 32.0 Å². The SMILES string of the molecule is CNS(=O)(=O)c1ccc(CCC(=O)Nc2cc(C)ccc2C)cc1. The maximum atomic E-state index is 12.1. The summed E-state index contributed by atoms with van der Waals surface area (Å²) in [6.07, 6.45) is 0.891. The minimum absolute atomic E-state index is 0.0596. The molecular formula is C18H22N2O3S. The number of benzene rings is 2. The zero-order chi connectivity index (χ0) is 17.7. The average molecular weight is 346 g/mol. The third-order valence-electron chi connectivity index (χ3n) is 3.81. The van der Waals surface area contributed by atoms with Crippen molar-refractivity contribution in [2.24, 2.45) is 0 Å². The van der Waals surface area contributed by atoms with Crippen LogP contribution in [0.15, 0.2) is 47.4 Å². The largest absolute Gasteiger partial charge is 0.326 e. The monoisotopic (exact) mass is 346 g/mol. The van der Waals surface area contributed by atoms with Crippen LogP contribution >= 0.6 is 0 Å². The standard InChI is InChI=1S/C18H22N2O3S/c1-13-4-5-14(2)17(12-13)20-18(21)11-8-15-6-9-16(10-7-15)24(22,23)19-3/h4-7,9-10,12,19H,8,11H2,1-3H3,(H,20,21). The Balaban J connectivity index is 1.96. The van der Waals surface area contributed by atoms with E-state index < -0.39 is 10.0 Å². The molecule has 0 spiro atoms. The fraction of sp³-hybridized carbons (Fsp3) is 0.278. The van der Waals surface area contributed by atoms with E-state index in [4.69, 9.17) is 0 Å². The quantitative estimate of drug-likeness (QED) is 0.844. The summed E-state index contributed by atoms with van der Waals surface area (Å²) in [7, 11) is -2.05. The number of amides is 1. The molecule has 2 N–H and O–H groups in total. The number of anilines is 1. The van der Waals surface area contributed by atoms with Crippen molar-refractivity contribution in [3.63, 3.8) is 0 Å². The molecule has 2 rings (SSSR count). The van der Waals surface area contributed by atoms with Gasteiger partial charge in [0.15, 0.2) is 0 Å². The van der Waals surface area contributed by atoms with Gasteiger partial charge in [0.2, 0.25) is 15.9 Å². The summed E-state index contributed by atoms with van der Waals surface area (Å²) >= 11 is 0. The lowest BCUT2D eigenvalue weighted by molar-refractivity contribution is -0.116. The van der Waals surface area contributed by atoms with Gasteiger partial charge in [-0.3, -0.25) is 4.79 Å². The number of rotatable bonds is 6. The fourth-order valence-electron chi connectivity index (χ4n) is 2.29. The van der Waals surface area contributed by atoms with Crippen LogP contribution in [-0.4, -0.2) is 21.4 Å². The van der Waals surface area contributed by atoms with Crippen LogP contribution in [0.2, 0.25) is 0 Å². The molecular weight excluding hydrogens is 324 g/mol. The molecule has 5 nitrogen and oxygen atoms in total. The lowest BCUT2D eigenvalue weighted by Gasteiger charge is -2.09. The van der Waals surface area contributed by atoms with Gasteiger partial charge in [0.1, 0.15) is 0 Å². The Kier molecular flexibility index (Phi) is 5.75. The molecule has 0 saturated heterocycles. The highest BCUT2D eigenvalue weighted by molar-refractivity contribution is 7.89. The molecule has 0 radical (unpaired) electrons. The van der Waals surface area contributed by atoms with Gasteiger partial charge in [0, 0.05) is 12.1 Å². The van der Waals surface area contributed by atoms with Crippen molar-refractivity contribution in [2.45, 2.75) is 31.6 Å². The van der Waals surface area contributed by atoms with E-state index in [9.17, 15) is 13.2 Å². The van der Waals surface area contributed by atoms with E-state index in [0.717, 1.165) is 22.4 Å². The topological polar surface area (TPSA) is 75.3 Å². The molecule has 0 unspecified atom stereocenters. The van der Waals surface area contributed by atoms with E-state index in [-0.39, 0.29) is 10.8 Å². The fourth-order valence-corrected chi connectivity index (χ4v) is 3.02. The molecule has 0 heterocycles. The van der Waals surface area contributed by atoms with Gasteiger partial charge < -0.3 is 5.32 Å². The molecule has 1 amide bonds. The van der Waals surface area contributed by atoms with Crippen molar-refractivity contribution >= 4 is 21.6 Å². The zero-order valence-electron chi connectivity index (χ0n) is 14.1.